The Bertz CT molecular complexity index is 1020. The van der Waals surface area contributed by atoms with Gasteiger partial charge in [0.25, 0.3) is 0 Å². The van der Waals surface area contributed by atoms with Gasteiger partial charge < -0.3 is 10.3 Å². The molecule has 0 saturated carbocycles. The summed E-state index contributed by atoms with van der Waals surface area (Å²) >= 11 is 0. The fourth-order valence-electron chi connectivity index (χ4n) is 3.95. The van der Waals surface area contributed by atoms with E-state index in [4.69, 9.17) is 0 Å². The lowest BCUT2D eigenvalue weighted by Crippen LogP contribution is -2.34. The summed E-state index contributed by atoms with van der Waals surface area (Å²) in [5.41, 5.74) is 4.54. The van der Waals surface area contributed by atoms with Crippen LogP contribution in [0.3, 0.4) is 0 Å². The van der Waals surface area contributed by atoms with Crippen molar-refractivity contribution >= 4 is 17.5 Å². The van der Waals surface area contributed by atoms with Crippen LogP contribution in [0, 0.1) is 5.82 Å². The zero-order chi connectivity index (χ0) is 21.4. The molecule has 3 rings (SSSR count). The predicted octanol–water partition coefficient (Wildman–Crippen LogP) is 6.60. The van der Waals surface area contributed by atoms with Crippen LogP contribution in [0.5, 0.6) is 0 Å². The Morgan fingerprint density at radius 3 is 2.21 bits per heavy atom. The van der Waals surface area contributed by atoms with Crippen molar-refractivity contribution in [2.24, 2.45) is 5.16 Å². The molecule has 29 heavy (non-hydrogen) atoms. The molecule has 2 aromatic rings. The summed E-state index contributed by atoms with van der Waals surface area (Å²) in [6, 6.07) is 10.5. The third-order valence-electron chi connectivity index (χ3n) is 6.01. The fraction of sp³-hybridized carbons (Fsp3) is 0.320. The summed E-state index contributed by atoms with van der Waals surface area (Å²) < 4.78 is 14.3. The maximum absolute atomic E-state index is 14.3. The average Bonchev–Trinajstić information content (AvgIpc) is 2.67. The van der Waals surface area contributed by atoms with Crippen LogP contribution < -0.4 is 0 Å². The number of nitrogens with zero attached hydrogens (tertiary/aromatic N) is 1. The SMILES string of the molecule is C=C(O)c1ccc(/C=C/C(=N/O)c2ccc3c(c2)C(C)(C)CCC3(C)C)c(F)c1. The topological polar surface area (TPSA) is 52.8 Å². The highest BCUT2D eigenvalue weighted by atomic mass is 19.1. The van der Waals surface area contributed by atoms with E-state index < -0.39 is 5.82 Å². The van der Waals surface area contributed by atoms with Crippen LogP contribution in [0.4, 0.5) is 4.39 Å². The molecule has 0 bridgehead atoms. The molecule has 0 spiro atoms. The molecule has 0 heterocycles. The van der Waals surface area contributed by atoms with Gasteiger partial charge in [-0.3, -0.25) is 0 Å². The monoisotopic (exact) mass is 393 g/mol. The quantitative estimate of drug-likeness (QED) is 0.266. The third kappa shape index (κ3) is 4.12. The Hall–Kier alpha value is -2.88. The molecule has 0 aromatic heterocycles. The Balaban J connectivity index is 1.96. The lowest BCUT2D eigenvalue weighted by Gasteiger charge is -2.42. The van der Waals surface area contributed by atoms with E-state index in [0.717, 1.165) is 18.4 Å². The summed E-state index contributed by atoms with van der Waals surface area (Å²) in [4.78, 5) is 0. The number of aliphatic hydroxyl groups excluding tert-OH is 1. The van der Waals surface area contributed by atoms with E-state index in [0.29, 0.717) is 16.8 Å². The van der Waals surface area contributed by atoms with Crippen molar-refractivity contribution in [2.45, 2.75) is 51.4 Å². The zero-order valence-electron chi connectivity index (χ0n) is 17.5. The molecular weight excluding hydrogens is 365 g/mol. The maximum atomic E-state index is 14.3. The van der Waals surface area contributed by atoms with Crippen molar-refractivity contribution in [3.63, 3.8) is 0 Å². The maximum Gasteiger partial charge on any atom is 0.131 e. The summed E-state index contributed by atoms with van der Waals surface area (Å²) in [6.07, 6.45) is 5.37. The van der Waals surface area contributed by atoms with Gasteiger partial charge in [0.1, 0.15) is 17.3 Å². The molecule has 0 radical (unpaired) electrons. The van der Waals surface area contributed by atoms with Crippen molar-refractivity contribution in [2.75, 3.05) is 0 Å². The molecule has 4 heteroatoms. The summed E-state index contributed by atoms with van der Waals surface area (Å²) in [7, 11) is 0. The number of allylic oxidation sites excluding steroid dienone is 1. The molecule has 0 amide bonds. The molecule has 0 fully saturated rings. The largest absolute Gasteiger partial charge is 0.508 e. The van der Waals surface area contributed by atoms with Gasteiger partial charge in [0.2, 0.25) is 0 Å². The first-order valence-electron chi connectivity index (χ1n) is 9.78. The van der Waals surface area contributed by atoms with Gasteiger partial charge in [-0.25, -0.2) is 4.39 Å². The number of rotatable bonds is 4. The highest BCUT2D eigenvalue weighted by Crippen LogP contribution is 2.45. The standard InChI is InChI=1S/C25H28FNO2/c1-16(28)18-7-6-17(22(26)15-18)9-11-23(27-29)19-8-10-20-21(14-19)25(4,5)13-12-24(20,2)3/h6-11,14-15,28-29H,1,12-13H2,2-5H3/b11-9+,27-23-. The molecule has 0 atom stereocenters. The number of halogens is 1. The first kappa shape index (κ1) is 20.8. The Morgan fingerprint density at radius 2 is 1.62 bits per heavy atom. The van der Waals surface area contributed by atoms with Crippen molar-refractivity contribution in [3.8, 4) is 0 Å². The number of hydrogen-bond donors (Lipinski definition) is 2. The van der Waals surface area contributed by atoms with Crippen LogP contribution in [0.15, 0.2) is 54.2 Å². The van der Waals surface area contributed by atoms with Crippen molar-refractivity contribution in [1.82, 2.24) is 0 Å². The average molecular weight is 394 g/mol. The molecule has 0 aliphatic heterocycles. The van der Waals surface area contributed by atoms with Gasteiger partial charge in [-0.15, -0.1) is 0 Å². The van der Waals surface area contributed by atoms with Gasteiger partial charge >= 0.3 is 0 Å². The van der Waals surface area contributed by atoms with Crippen LogP contribution in [-0.2, 0) is 10.8 Å². The molecule has 1 aliphatic rings. The van der Waals surface area contributed by atoms with Crippen LogP contribution in [0.2, 0.25) is 0 Å². The first-order valence-corrected chi connectivity index (χ1v) is 9.78. The van der Waals surface area contributed by atoms with Crippen molar-refractivity contribution in [3.05, 3.63) is 82.7 Å². The van der Waals surface area contributed by atoms with E-state index in [1.165, 1.54) is 17.2 Å². The van der Waals surface area contributed by atoms with Gasteiger partial charge in [-0.1, -0.05) is 63.7 Å². The van der Waals surface area contributed by atoms with E-state index in [1.807, 2.05) is 6.07 Å². The number of fused-ring (bicyclic) bond motifs is 1. The lowest BCUT2D eigenvalue weighted by molar-refractivity contribution is 0.319. The number of benzene rings is 2. The third-order valence-corrected chi connectivity index (χ3v) is 6.01. The second kappa shape index (κ2) is 7.51. The second-order valence-corrected chi connectivity index (χ2v) is 9.03. The molecule has 152 valence electrons. The number of hydrogen-bond acceptors (Lipinski definition) is 3. The molecule has 0 unspecified atom stereocenters. The van der Waals surface area contributed by atoms with Crippen molar-refractivity contribution in [1.29, 1.82) is 0 Å². The van der Waals surface area contributed by atoms with Gasteiger partial charge in [0, 0.05) is 16.7 Å². The highest BCUT2D eigenvalue weighted by Gasteiger charge is 2.37. The van der Waals surface area contributed by atoms with E-state index in [9.17, 15) is 14.7 Å². The van der Waals surface area contributed by atoms with Gasteiger partial charge in [-0.2, -0.15) is 0 Å². The van der Waals surface area contributed by atoms with E-state index >= 15 is 0 Å². The smallest absolute Gasteiger partial charge is 0.131 e. The molecule has 0 saturated heterocycles. The fourth-order valence-corrected chi connectivity index (χ4v) is 3.95. The van der Waals surface area contributed by atoms with Crippen molar-refractivity contribution < 1.29 is 14.7 Å². The Morgan fingerprint density at radius 1 is 1.00 bits per heavy atom. The normalized spacial score (nSPS) is 17.9. The Kier molecular flexibility index (Phi) is 5.40. The minimum absolute atomic E-state index is 0.0414. The summed E-state index contributed by atoms with van der Waals surface area (Å²) in [5, 5.41) is 22.4. The summed E-state index contributed by atoms with van der Waals surface area (Å²) in [5.74, 6) is -0.670. The van der Waals surface area contributed by atoms with Gasteiger partial charge in [0.05, 0.1) is 0 Å². The highest BCUT2D eigenvalue weighted by molar-refractivity contribution is 6.10. The zero-order valence-corrected chi connectivity index (χ0v) is 17.5. The predicted molar refractivity (Wildman–Crippen MR) is 117 cm³/mol. The second-order valence-electron chi connectivity index (χ2n) is 9.03. The van der Waals surface area contributed by atoms with Crippen LogP contribution in [0.1, 0.15) is 68.4 Å². The first-order chi connectivity index (χ1) is 13.5. The minimum Gasteiger partial charge on any atom is -0.508 e. The number of aliphatic hydroxyl groups is 1. The molecular formula is C25H28FNO2. The molecule has 2 aromatic carbocycles. The lowest BCUT2D eigenvalue weighted by atomic mass is 9.63. The molecule has 1 aliphatic carbocycles. The van der Waals surface area contributed by atoms with E-state index in [2.05, 4.69) is 51.6 Å². The molecule has 2 N–H and O–H groups in total. The van der Waals surface area contributed by atoms with Gasteiger partial charge in [-0.05, 0) is 59.1 Å². The molecule has 3 nitrogen and oxygen atoms in total. The minimum atomic E-state index is -0.487. The van der Waals surface area contributed by atoms with Crippen LogP contribution in [0.25, 0.3) is 11.8 Å². The summed E-state index contributed by atoms with van der Waals surface area (Å²) in [6.45, 7) is 12.4. The van der Waals surface area contributed by atoms with Crippen LogP contribution >= 0.6 is 0 Å². The van der Waals surface area contributed by atoms with E-state index in [-0.39, 0.29) is 16.6 Å². The Labute approximate surface area is 171 Å². The van der Waals surface area contributed by atoms with Crippen LogP contribution in [-0.4, -0.2) is 16.0 Å². The number of oxime groups is 1. The van der Waals surface area contributed by atoms with E-state index in [1.54, 1.807) is 24.3 Å². The van der Waals surface area contributed by atoms with Gasteiger partial charge in [0.15, 0.2) is 0 Å².